The van der Waals surface area contributed by atoms with Gasteiger partial charge in [-0.2, -0.15) is 5.10 Å². The van der Waals surface area contributed by atoms with Crippen LogP contribution in [0.4, 0.5) is 0 Å². The number of hydrogen-bond donors (Lipinski definition) is 0. The van der Waals surface area contributed by atoms with Gasteiger partial charge in [0.2, 0.25) is 0 Å². The highest BCUT2D eigenvalue weighted by molar-refractivity contribution is 6.62. The lowest BCUT2D eigenvalue weighted by Gasteiger charge is -2.32. The van der Waals surface area contributed by atoms with Crippen LogP contribution in [-0.4, -0.2) is 28.1 Å². The predicted molar refractivity (Wildman–Crippen MR) is 88.8 cm³/mol. The fourth-order valence-corrected chi connectivity index (χ4v) is 2.73. The summed E-state index contributed by atoms with van der Waals surface area (Å²) in [5.41, 5.74) is 3.79. The molecule has 1 fully saturated rings. The van der Waals surface area contributed by atoms with Crippen LogP contribution < -0.4 is 5.46 Å². The molecule has 2 aromatic rings. The third kappa shape index (κ3) is 2.38. The van der Waals surface area contributed by atoms with Crippen LogP contribution in [0, 0.1) is 13.8 Å². The van der Waals surface area contributed by atoms with Crippen molar-refractivity contribution in [3.05, 3.63) is 41.7 Å². The first-order chi connectivity index (χ1) is 10.2. The molecular formula is C17H23BN2O2. The van der Waals surface area contributed by atoms with Gasteiger partial charge in [-0.1, -0.05) is 18.2 Å². The second-order valence-corrected chi connectivity index (χ2v) is 7.05. The van der Waals surface area contributed by atoms with Crippen molar-refractivity contribution in [3.63, 3.8) is 0 Å². The SMILES string of the molecule is Cc1cccc(C)c1-n1cc(B2OC(C)(C)C(C)(C)O2)cn1. The first-order valence-corrected chi connectivity index (χ1v) is 7.68. The van der Waals surface area contributed by atoms with E-state index in [9.17, 15) is 0 Å². The molecule has 0 bridgehead atoms. The second-order valence-electron chi connectivity index (χ2n) is 7.05. The van der Waals surface area contributed by atoms with Crippen molar-refractivity contribution in [1.82, 2.24) is 9.78 Å². The molecule has 22 heavy (non-hydrogen) atoms. The molecule has 0 radical (unpaired) electrons. The molecule has 3 rings (SSSR count). The minimum Gasteiger partial charge on any atom is -0.399 e. The Labute approximate surface area is 132 Å². The summed E-state index contributed by atoms with van der Waals surface area (Å²) in [6.07, 6.45) is 3.82. The third-order valence-corrected chi connectivity index (χ3v) is 4.80. The zero-order chi connectivity index (χ0) is 16.1. The van der Waals surface area contributed by atoms with Gasteiger partial charge < -0.3 is 9.31 Å². The summed E-state index contributed by atoms with van der Waals surface area (Å²) >= 11 is 0. The lowest BCUT2D eigenvalue weighted by atomic mass is 9.82. The van der Waals surface area contributed by atoms with Crippen molar-refractivity contribution in [2.24, 2.45) is 0 Å². The Morgan fingerprint density at radius 3 is 2.09 bits per heavy atom. The molecule has 1 saturated heterocycles. The van der Waals surface area contributed by atoms with Crippen LogP contribution in [0.25, 0.3) is 5.69 Å². The quantitative estimate of drug-likeness (QED) is 0.800. The molecule has 1 aromatic heterocycles. The van der Waals surface area contributed by atoms with Crippen molar-refractivity contribution < 1.29 is 9.31 Å². The fraction of sp³-hybridized carbons (Fsp3) is 0.471. The van der Waals surface area contributed by atoms with Crippen LogP contribution >= 0.6 is 0 Å². The number of benzene rings is 1. The standard InChI is InChI=1S/C17H23BN2O2/c1-12-8-7-9-13(2)15(12)20-11-14(10-19-20)18-21-16(3,4)17(5,6)22-18/h7-11H,1-6H3. The Morgan fingerprint density at radius 2 is 1.55 bits per heavy atom. The normalized spacial score (nSPS) is 19.6. The Hall–Kier alpha value is -1.59. The Bertz CT molecular complexity index is 670. The lowest BCUT2D eigenvalue weighted by Crippen LogP contribution is -2.41. The van der Waals surface area contributed by atoms with Crippen molar-refractivity contribution >= 4 is 12.6 Å². The molecule has 1 aromatic carbocycles. The minimum atomic E-state index is -0.372. The molecule has 0 N–H and O–H groups in total. The maximum absolute atomic E-state index is 6.08. The number of nitrogens with zero attached hydrogens (tertiary/aromatic N) is 2. The van der Waals surface area contributed by atoms with Crippen LogP contribution in [-0.2, 0) is 9.31 Å². The number of rotatable bonds is 2. The van der Waals surface area contributed by atoms with E-state index < -0.39 is 0 Å². The van der Waals surface area contributed by atoms with E-state index in [1.807, 2.05) is 17.1 Å². The van der Waals surface area contributed by atoms with E-state index in [0.29, 0.717) is 0 Å². The molecule has 1 aliphatic heterocycles. The molecule has 0 spiro atoms. The Kier molecular flexibility index (Phi) is 3.46. The van der Waals surface area contributed by atoms with Gasteiger partial charge in [0.1, 0.15) is 0 Å². The molecule has 2 heterocycles. The highest BCUT2D eigenvalue weighted by Gasteiger charge is 2.52. The number of hydrogen-bond acceptors (Lipinski definition) is 3. The van der Waals surface area contributed by atoms with Crippen molar-refractivity contribution in [2.45, 2.75) is 52.7 Å². The maximum atomic E-state index is 6.08. The highest BCUT2D eigenvalue weighted by Crippen LogP contribution is 2.36. The molecule has 0 aliphatic carbocycles. The number of aromatic nitrogens is 2. The van der Waals surface area contributed by atoms with Gasteiger partial charge in [0, 0.05) is 17.9 Å². The van der Waals surface area contributed by atoms with Gasteiger partial charge in [-0.05, 0) is 52.7 Å². The molecule has 0 amide bonds. The van der Waals surface area contributed by atoms with Gasteiger partial charge >= 0.3 is 7.12 Å². The molecular weight excluding hydrogens is 275 g/mol. The van der Waals surface area contributed by atoms with Gasteiger partial charge in [-0.15, -0.1) is 0 Å². The third-order valence-electron chi connectivity index (χ3n) is 4.80. The van der Waals surface area contributed by atoms with E-state index in [1.54, 1.807) is 0 Å². The molecule has 0 saturated carbocycles. The summed E-state index contributed by atoms with van der Waals surface area (Å²) < 4.78 is 14.1. The summed E-state index contributed by atoms with van der Waals surface area (Å²) in [6.45, 7) is 12.4. The second kappa shape index (κ2) is 4.96. The summed E-state index contributed by atoms with van der Waals surface area (Å²) in [5, 5.41) is 4.50. The van der Waals surface area contributed by atoms with Crippen LogP contribution in [0.15, 0.2) is 30.6 Å². The van der Waals surface area contributed by atoms with Gasteiger partial charge in [-0.25, -0.2) is 4.68 Å². The smallest absolute Gasteiger partial charge is 0.399 e. The largest absolute Gasteiger partial charge is 0.498 e. The van der Waals surface area contributed by atoms with E-state index in [4.69, 9.17) is 9.31 Å². The topological polar surface area (TPSA) is 36.3 Å². The van der Waals surface area contributed by atoms with Crippen LogP contribution in [0.5, 0.6) is 0 Å². The average Bonchev–Trinajstić information content (AvgIpc) is 2.93. The number of para-hydroxylation sites is 1. The van der Waals surface area contributed by atoms with Crippen molar-refractivity contribution in [1.29, 1.82) is 0 Å². The summed E-state index contributed by atoms with van der Waals surface area (Å²) in [6, 6.07) is 6.25. The Morgan fingerprint density at radius 1 is 1.00 bits per heavy atom. The first-order valence-electron chi connectivity index (χ1n) is 7.68. The lowest BCUT2D eigenvalue weighted by molar-refractivity contribution is 0.00578. The fourth-order valence-electron chi connectivity index (χ4n) is 2.73. The van der Waals surface area contributed by atoms with Gasteiger partial charge in [0.25, 0.3) is 0 Å². The molecule has 4 nitrogen and oxygen atoms in total. The zero-order valence-corrected chi connectivity index (χ0v) is 14.2. The molecule has 116 valence electrons. The van der Waals surface area contributed by atoms with Gasteiger partial charge in [-0.3, -0.25) is 0 Å². The van der Waals surface area contributed by atoms with Gasteiger partial charge in [0.15, 0.2) is 0 Å². The molecule has 1 aliphatic rings. The summed E-state index contributed by atoms with van der Waals surface area (Å²) in [7, 11) is -0.372. The average molecular weight is 298 g/mol. The monoisotopic (exact) mass is 298 g/mol. The summed E-state index contributed by atoms with van der Waals surface area (Å²) in [4.78, 5) is 0. The van der Waals surface area contributed by atoms with E-state index >= 15 is 0 Å². The van der Waals surface area contributed by atoms with Crippen molar-refractivity contribution in [2.75, 3.05) is 0 Å². The summed E-state index contributed by atoms with van der Waals surface area (Å²) in [5.74, 6) is 0. The predicted octanol–water partition coefficient (Wildman–Crippen LogP) is 2.79. The maximum Gasteiger partial charge on any atom is 0.498 e. The van der Waals surface area contributed by atoms with E-state index in [2.05, 4.69) is 64.8 Å². The van der Waals surface area contributed by atoms with E-state index in [-0.39, 0.29) is 18.3 Å². The van der Waals surface area contributed by atoms with Crippen LogP contribution in [0.2, 0.25) is 0 Å². The van der Waals surface area contributed by atoms with Crippen LogP contribution in [0.1, 0.15) is 38.8 Å². The zero-order valence-electron chi connectivity index (χ0n) is 14.2. The number of aryl methyl sites for hydroxylation is 2. The minimum absolute atomic E-state index is 0.335. The van der Waals surface area contributed by atoms with Crippen LogP contribution in [0.3, 0.4) is 0 Å². The molecule has 0 unspecified atom stereocenters. The molecule has 5 heteroatoms. The first kappa shape index (κ1) is 15.3. The molecule has 0 atom stereocenters. The van der Waals surface area contributed by atoms with Crippen molar-refractivity contribution in [3.8, 4) is 5.69 Å². The Balaban J connectivity index is 1.93. The van der Waals surface area contributed by atoms with E-state index in [1.165, 1.54) is 11.1 Å². The highest BCUT2D eigenvalue weighted by atomic mass is 16.7. The van der Waals surface area contributed by atoms with E-state index in [0.717, 1.165) is 11.2 Å². The van der Waals surface area contributed by atoms with Gasteiger partial charge in [0.05, 0.1) is 16.9 Å².